The topological polar surface area (TPSA) is 94.8 Å². The van der Waals surface area contributed by atoms with Crippen LogP contribution < -0.4 is 20.3 Å². The monoisotopic (exact) mass is 602 g/mol. The van der Waals surface area contributed by atoms with Crippen LogP contribution in [0, 0.1) is 0 Å². The van der Waals surface area contributed by atoms with Crippen LogP contribution in [0.2, 0.25) is 0 Å². The zero-order valence-electron chi connectivity index (χ0n) is 22.9. The van der Waals surface area contributed by atoms with Gasteiger partial charge in [0, 0.05) is 21.1 Å². The molecule has 0 saturated heterocycles. The minimum atomic E-state index is -0.443. The summed E-state index contributed by atoms with van der Waals surface area (Å²) in [5, 5.41) is 7.83. The normalized spacial score (nSPS) is 11.5. The Morgan fingerprint density at radius 1 is 1.15 bits per heavy atom. The first-order valence-corrected chi connectivity index (χ1v) is 13.5. The summed E-state index contributed by atoms with van der Waals surface area (Å²) in [6.45, 7) is 9.59. The van der Waals surface area contributed by atoms with Crippen molar-refractivity contribution in [1.29, 1.82) is 0 Å². The fraction of sp³-hybridized carbons (Fsp3) is 0.226. The van der Waals surface area contributed by atoms with Crippen LogP contribution in [0.4, 0.5) is 5.69 Å². The molecule has 0 aliphatic carbocycles. The number of amides is 1. The number of carbonyl (C=O) groups excluding carboxylic acids is 1. The number of fused-ring (bicyclic) bond motifs is 1. The highest BCUT2D eigenvalue weighted by Crippen LogP contribution is 2.33. The summed E-state index contributed by atoms with van der Waals surface area (Å²) in [7, 11) is 1.53. The first-order valence-electron chi connectivity index (χ1n) is 12.7. The quantitative estimate of drug-likeness (QED) is 0.185. The third kappa shape index (κ3) is 6.66. The van der Waals surface area contributed by atoms with E-state index in [2.05, 4.69) is 32.9 Å². The minimum absolute atomic E-state index is 0.203. The van der Waals surface area contributed by atoms with Crippen LogP contribution in [0.5, 0.6) is 11.5 Å². The largest absolute Gasteiger partial charge is 0.493 e. The number of benzene rings is 3. The highest BCUT2D eigenvalue weighted by atomic mass is 79.9. The molecule has 0 fully saturated rings. The van der Waals surface area contributed by atoms with Gasteiger partial charge in [0.1, 0.15) is 5.82 Å². The van der Waals surface area contributed by atoms with Crippen molar-refractivity contribution in [2.75, 3.05) is 19.0 Å². The Morgan fingerprint density at radius 3 is 2.58 bits per heavy atom. The van der Waals surface area contributed by atoms with Gasteiger partial charge < -0.3 is 14.8 Å². The molecule has 1 aromatic heterocycles. The molecule has 1 amide bonds. The van der Waals surface area contributed by atoms with Crippen molar-refractivity contribution in [2.24, 2.45) is 5.10 Å². The van der Waals surface area contributed by atoms with Gasteiger partial charge in [0.2, 0.25) is 0 Å². The smallest absolute Gasteiger partial charge is 0.282 e. The van der Waals surface area contributed by atoms with Gasteiger partial charge in [0.15, 0.2) is 18.1 Å². The molecule has 8 nitrogen and oxygen atoms in total. The lowest BCUT2D eigenvalue weighted by Crippen LogP contribution is -2.29. The van der Waals surface area contributed by atoms with Gasteiger partial charge in [-0.15, -0.1) is 6.58 Å². The van der Waals surface area contributed by atoms with Crippen molar-refractivity contribution in [3.63, 3.8) is 0 Å². The molecule has 0 unspecified atom stereocenters. The lowest BCUT2D eigenvalue weighted by molar-refractivity contribution is -0.118. The molecule has 9 heteroatoms. The first kappa shape index (κ1) is 28.8. The number of hydrogen-bond acceptors (Lipinski definition) is 6. The van der Waals surface area contributed by atoms with E-state index in [1.165, 1.54) is 11.8 Å². The van der Waals surface area contributed by atoms with E-state index in [1.54, 1.807) is 36.6 Å². The SMILES string of the molecule is C=CCc1cc(C=Nn2c(C(C)(C)C)nc3ccc(Br)cc3c2=O)cc(OC)c1OCC(=O)Nc1ccccc1. The maximum absolute atomic E-state index is 13.5. The lowest BCUT2D eigenvalue weighted by Gasteiger charge is -2.21. The van der Waals surface area contributed by atoms with Crippen LogP contribution in [-0.2, 0) is 16.6 Å². The molecule has 206 valence electrons. The van der Waals surface area contributed by atoms with E-state index in [9.17, 15) is 9.59 Å². The standard InChI is InChI=1S/C31H31BrN4O4/c1-6-10-21-15-20(16-26(39-5)28(21)40-19-27(37)34-23-11-8-7-9-12-23)18-33-36-29(38)24-17-22(32)13-14-25(24)35-30(36)31(2,3)4/h6-9,11-18H,1,10,19H2,2-5H3,(H,34,37). The molecule has 4 aromatic rings. The molecule has 0 bridgehead atoms. The summed E-state index contributed by atoms with van der Waals surface area (Å²) in [5.41, 5.74) is 2.01. The van der Waals surface area contributed by atoms with Gasteiger partial charge in [0.05, 0.1) is 24.2 Å². The number of para-hydroxylation sites is 1. The second kappa shape index (κ2) is 12.3. The fourth-order valence-electron chi connectivity index (χ4n) is 4.10. The van der Waals surface area contributed by atoms with E-state index in [0.717, 1.165) is 10.0 Å². The van der Waals surface area contributed by atoms with E-state index >= 15 is 0 Å². The number of aromatic nitrogens is 2. The predicted octanol–water partition coefficient (Wildman–Crippen LogP) is 6.09. The Labute approximate surface area is 241 Å². The molecule has 3 aromatic carbocycles. The van der Waals surface area contributed by atoms with E-state index in [0.29, 0.717) is 45.9 Å². The molecule has 0 saturated carbocycles. The van der Waals surface area contributed by atoms with E-state index in [4.69, 9.17) is 14.5 Å². The van der Waals surface area contributed by atoms with Crippen molar-refractivity contribution in [3.05, 3.63) is 105 Å². The van der Waals surface area contributed by atoms with Gasteiger partial charge in [-0.1, -0.05) is 61.0 Å². The third-order valence-electron chi connectivity index (χ3n) is 5.94. The predicted molar refractivity (Wildman–Crippen MR) is 163 cm³/mol. The Morgan fingerprint density at radius 2 is 1.90 bits per heavy atom. The molecule has 40 heavy (non-hydrogen) atoms. The van der Waals surface area contributed by atoms with Gasteiger partial charge in [-0.05, 0) is 54.4 Å². The minimum Gasteiger partial charge on any atom is -0.493 e. The Kier molecular flexibility index (Phi) is 8.84. The molecule has 0 aliphatic heterocycles. The summed E-state index contributed by atoms with van der Waals surface area (Å²) in [4.78, 5) is 30.7. The lowest BCUT2D eigenvalue weighted by atomic mass is 9.95. The molecule has 0 radical (unpaired) electrons. The van der Waals surface area contributed by atoms with Crippen LogP contribution in [-0.4, -0.2) is 35.5 Å². The molecule has 4 rings (SSSR count). The molecule has 1 heterocycles. The van der Waals surface area contributed by atoms with Crippen LogP contribution in [0.1, 0.15) is 37.7 Å². The van der Waals surface area contributed by atoms with Crippen LogP contribution >= 0.6 is 15.9 Å². The summed E-state index contributed by atoms with van der Waals surface area (Å²) >= 11 is 3.43. The van der Waals surface area contributed by atoms with Gasteiger partial charge in [0.25, 0.3) is 11.5 Å². The molecule has 0 aliphatic rings. The Bertz CT molecular complexity index is 1640. The highest BCUT2D eigenvalue weighted by molar-refractivity contribution is 9.10. The van der Waals surface area contributed by atoms with Crippen LogP contribution in [0.3, 0.4) is 0 Å². The molecule has 1 N–H and O–H groups in total. The summed E-state index contributed by atoms with van der Waals surface area (Å²) < 4.78 is 13.6. The number of allylic oxidation sites excluding steroid dienone is 1. The second-order valence-corrected chi connectivity index (χ2v) is 11.0. The van der Waals surface area contributed by atoms with E-state index in [1.807, 2.05) is 57.2 Å². The number of rotatable bonds is 9. The number of ether oxygens (including phenoxy) is 2. The second-order valence-electron chi connectivity index (χ2n) is 10.1. The van der Waals surface area contributed by atoms with Crippen LogP contribution in [0.25, 0.3) is 10.9 Å². The summed E-state index contributed by atoms with van der Waals surface area (Å²) in [6, 6.07) is 18.2. The molecular formula is C31H31BrN4O4. The van der Waals surface area contributed by atoms with E-state index in [-0.39, 0.29) is 18.1 Å². The fourth-order valence-corrected chi connectivity index (χ4v) is 4.46. The molecular weight excluding hydrogens is 572 g/mol. The van der Waals surface area contributed by atoms with Gasteiger partial charge >= 0.3 is 0 Å². The number of anilines is 1. The summed E-state index contributed by atoms with van der Waals surface area (Å²) in [6.07, 6.45) is 3.79. The zero-order valence-corrected chi connectivity index (χ0v) is 24.5. The van der Waals surface area contributed by atoms with Gasteiger partial charge in [-0.2, -0.15) is 9.78 Å². The number of nitrogens with zero attached hydrogens (tertiary/aromatic N) is 3. The number of hydrogen-bond donors (Lipinski definition) is 1. The maximum Gasteiger partial charge on any atom is 0.282 e. The molecule has 0 spiro atoms. The average molecular weight is 604 g/mol. The van der Waals surface area contributed by atoms with Gasteiger partial charge in [-0.25, -0.2) is 4.98 Å². The van der Waals surface area contributed by atoms with Gasteiger partial charge in [-0.3, -0.25) is 9.59 Å². The molecule has 0 atom stereocenters. The van der Waals surface area contributed by atoms with Crippen molar-refractivity contribution >= 4 is 44.6 Å². The number of carbonyl (C=O) groups is 1. The average Bonchev–Trinajstić information content (AvgIpc) is 2.92. The number of halogens is 1. The van der Waals surface area contributed by atoms with Crippen molar-refractivity contribution in [1.82, 2.24) is 9.66 Å². The van der Waals surface area contributed by atoms with Crippen molar-refractivity contribution < 1.29 is 14.3 Å². The van der Waals surface area contributed by atoms with E-state index < -0.39 is 5.41 Å². The van der Waals surface area contributed by atoms with Crippen molar-refractivity contribution in [3.8, 4) is 11.5 Å². The third-order valence-corrected chi connectivity index (χ3v) is 6.44. The van der Waals surface area contributed by atoms with Crippen LogP contribution in [0.15, 0.2) is 87.7 Å². The number of nitrogens with one attached hydrogen (secondary N) is 1. The first-order chi connectivity index (χ1) is 19.1. The Hall–Kier alpha value is -4.24. The zero-order chi connectivity index (χ0) is 28.9. The Balaban J connectivity index is 1.69. The summed E-state index contributed by atoms with van der Waals surface area (Å²) in [5.74, 6) is 1.10. The highest BCUT2D eigenvalue weighted by Gasteiger charge is 2.23. The maximum atomic E-state index is 13.5. The number of methoxy groups -OCH3 is 1. The van der Waals surface area contributed by atoms with Crippen molar-refractivity contribution in [2.45, 2.75) is 32.6 Å².